The maximum absolute atomic E-state index is 6.21. The van der Waals surface area contributed by atoms with Crippen LogP contribution in [0.25, 0.3) is 17.6 Å². The second kappa shape index (κ2) is 7.26. The van der Waals surface area contributed by atoms with E-state index in [0.717, 1.165) is 32.0 Å². The summed E-state index contributed by atoms with van der Waals surface area (Å²) < 4.78 is 7.34. The molecule has 0 saturated heterocycles. The van der Waals surface area contributed by atoms with Crippen molar-refractivity contribution >= 4 is 44.9 Å². The molecule has 4 rings (SSSR count). The van der Waals surface area contributed by atoms with E-state index in [4.69, 9.17) is 4.74 Å². The molecule has 1 aromatic heterocycles. The molecule has 122 valence electrons. The van der Waals surface area contributed by atoms with Gasteiger partial charge >= 0.3 is 0 Å². The summed E-state index contributed by atoms with van der Waals surface area (Å²) in [5.74, 6) is 1.73. The van der Waals surface area contributed by atoms with Gasteiger partial charge in [-0.3, -0.25) is 0 Å². The maximum atomic E-state index is 6.21. The van der Waals surface area contributed by atoms with E-state index in [1.807, 2.05) is 36.4 Å². The van der Waals surface area contributed by atoms with Crippen LogP contribution in [-0.4, -0.2) is 0 Å². The van der Waals surface area contributed by atoms with Gasteiger partial charge in [0.2, 0.25) is 0 Å². The number of benzene rings is 2. The minimum Gasteiger partial charge on any atom is -0.456 e. The fraction of sp³-hybridized carbons (Fsp3) is 0. The van der Waals surface area contributed by atoms with Crippen molar-refractivity contribution in [2.75, 3.05) is 0 Å². The van der Waals surface area contributed by atoms with Crippen LogP contribution in [-0.2, 0) is 4.74 Å². The summed E-state index contributed by atoms with van der Waals surface area (Å²) in [4.78, 5) is 1.20. The maximum Gasteiger partial charge on any atom is 0.135 e. The van der Waals surface area contributed by atoms with E-state index >= 15 is 0 Å². The van der Waals surface area contributed by atoms with Gasteiger partial charge in [0.1, 0.15) is 11.5 Å². The molecule has 1 nitrogen and oxygen atoms in total. The average molecular weight is 407 g/mol. The molecule has 0 aliphatic carbocycles. The third kappa shape index (κ3) is 3.84. The summed E-state index contributed by atoms with van der Waals surface area (Å²) in [5, 5.41) is 0. The molecule has 0 spiro atoms. The molecule has 0 atom stereocenters. The number of hydrogen-bond acceptors (Lipinski definition) is 2. The fourth-order valence-corrected chi connectivity index (χ4v) is 4.05. The number of ether oxygens (including phenoxy) is 1. The molecule has 0 saturated carbocycles. The van der Waals surface area contributed by atoms with E-state index in [-0.39, 0.29) is 0 Å². The molecule has 3 aromatic rings. The van der Waals surface area contributed by atoms with Gasteiger partial charge in [-0.25, -0.2) is 0 Å². The molecule has 1 aliphatic heterocycles. The van der Waals surface area contributed by atoms with Gasteiger partial charge in [-0.1, -0.05) is 60.7 Å². The Hall–Kier alpha value is -2.36. The minimum absolute atomic E-state index is 0.865. The lowest BCUT2D eigenvalue weighted by atomic mass is 10.0. The van der Waals surface area contributed by atoms with Gasteiger partial charge in [0.15, 0.2) is 0 Å². The normalized spacial score (nSPS) is 13.7. The van der Waals surface area contributed by atoms with Crippen LogP contribution in [0.1, 0.15) is 16.0 Å². The molecule has 3 heteroatoms. The van der Waals surface area contributed by atoms with Crippen LogP contribution < -0.4 is 0 Å². The Morgan fingerprint density at radius 3 is 1.76 bits per heavy atom. The highest BCUT2D eigenvalue weighted by Crippen LogP contribution is 2.33. The third-order valence-corrected chi connectivity index (χ3v) is 5.41. The summed E-state index contributed by atoms with van der Waals surface area (Å²) in [7, 11) is 0. The Bertz CT molecular complexity index is 908. The van der Waals surface area contributed by atoms with Crippen molar-refractivity contribution in [1.82, 2.24) is 0 Å². The molecule has 0 fully saturated rings. The lowest BCUT2D eigenvalue weighted by molar-refractivity contribution is 0.467. The Labute approximate surface area is 159 Å². The van der Waals surface area contributed by atoms with Gasteiger partial charge in [-0.05, 0) is 51.9 Å². The Morgan fingerprint density at radius 2 is 1.28 bits per heavy atom. The van der Waals surface area contributed by atoms with Crippen LogP contribution in [0.2, 0.25) is 0 Å². The summed E-state index contributed by atoms with van der Waals surface area (Å²) >= 11 is 5.24. The van der Waals surface area contributed by atoms with Crippen molar-refractivity contribution in [2.45, 2.75) is 0 Å². The van der Waals surface area contributed by atoms with Gasteiger partial charge in [-0.2, -0.15) is 0 Å². The Kier molecular flexibility index (Phi) is 4.68. The van der Waals surface area contributed by atoms with E-state index < -0.39 is 0 Å². The van der Waals surface area contributed by atoms with Gasteiger partial charge in [0.25, 0.3) is 0 Å². The number of rotatable bonds is 3. The van der Waals surface area contributed by atoms with Gasteiger partial charge < -0.3 is 4.74 Å². The molecule has 1 aliphatic rings. The highest BCUT2D eigenvalue weighted by Gasteiger charge is 2.15. The predicted molar refractivity (Wildman–Crippen MR) is 110 cm³/mol. The molecule has 0 radical (unpaired) electrons. The van der Waals surface area contributed by atoms with Crippen LogP contribution in [0.15, 0.2) is 94.3 Å². The van der Waals surface area contributed by atoms with E-state index in [2.05, 4.69) is 70.6 Å². The van der Waals surface area contributed by atoms with Crippen LogP contribution >= 0.6 is 27.3 Å². The highest BCUT2D eigenvalue weighted by molar-refractivity contribution is 9.11. The molecule has 2 heterocycles. The van der Waals surface area contributed by atoms with Crippen molar-refractivity contribution in [1.29, 1.82) is 0 Å². The molecule has 2 aromatic carbocycles. The Balaban J connectivity index is 1.78. The lowest BCUT2D eigenvalue weighted by Crippen LogP contribution is -1.99. The molecular formula is C22H15BrOS. The summed E-state index contributed by atoms with van der Waals surface area (Å²) in [5.41, 5.74) is 3.27. The zero-order valence-electron chi connectivity index (χ0n) is 13.4. The topological polar surface area (TPSA) is 9.23 Å². The first-order valence-electron chi connectivity index (χ1n) is 7.97. The van der Waals surface area contributed by atoms with Crippen molar-refractivity contribution in [3.05, 3.63) is 110 Å². The molecule has 0 bridgehead atoms. The van der Waals surface area contributed by atoms with Crippen molar-refractivity contribution in [2.24, 2.45) is 0 Å². The second-order valence-corrected chi connectivity index (χ2v) is 8.13. The molecule has 0 N–H and O–H groups in total. The number of allylic oxidation sites excluding steroid dienone is 3. The summed E-state index contributed by atoms with van der Waals surface area (Å²) in [6, 6.07) is 24.6. The smallest absolute Gasteiger partial charge is 0.135 e. The molecule has 0 unspecified atom stereocenters. The van der Waals surface area contributed by atoms with Crippen LogP contribution in [0.3, 0.4) is 0 Å². The number of hydrogen-bond donors (Lipinski definition) is 0. The quantitative estimate of drug-likeness (QED) is 0.454. The number of thiophene rings is 1. The van der Waals surface area contributed by atoms with Crippen LogP contribution in [0.5, 0.6) is 0 Å². The first-order chi connectivity index (χ1) is 12.3. The predicted octanol–water partition coefficient (Wildman–Crippen LogP) is 7.01. The SMILES string of the molecule is Brc1ccc(C=C2C=C(c3ccccc3)OC(c3ccccc3)=C2)s1. The largest absolute Gasteiger partial charge is 0.456 e. The molecular weight excluding hydrogens is 392 g/mol. The van der Waals surface area contributed by atoms with E-state index in [0.29, 0.717) is 0 Å². The molecule has 0 amide bonds. The van der Waals surface area contributed by atoms with E-state index in [9.17, 15) is 0 Å². The second-order valence-electron chi connectivity index (χ2n) is 5.64. The average Bonchev–Trinajstić information content (AvgIpc) is 3.07. The summed E-state index contributed by atoms with van der Waals surface area (Å²) in [6.07, 6.45) is 6.37. The monoisotopic (exact) mass is 406 g/mol. The highest BCUT2D eigenvalue weighted by atomic mass is 79.9. The minimum atomic E-state index is 0.865. The van der Waals surface area contributed by atoms with Crippen LogP contribution in [0.4, 0.5) is 0 Å². The summed E-state index contributed by atoms with van der Waals surface area (Å²) in [6.45, 7) is 0. The van der Waals surface area contributed by atoms with Gasteiger partial charge in [-0.15, -0.1) is 11.3 Å². The first kappa shape index (κ1) is 16.1. The van der Waals surface area contributed by atoms with Crippen molar-refractivity contribution < 1.29 is 4.74 Å². The fourth-order valence-electron chi connectivity index (χ4n) is 2.66. The zero-order chi connectivity index (χ0) is 17.1. The number of halogens is 1. The lowest BCUT2D eigenvalue weighted by Gasteiger charge is -2.19. The Morgan fingerprint density at radius 1 is 0.720 bits per heavy atom. The van der Waals surface area contributed by atoms with Gasteiger partial charge in [0, 0.05) is 16.0 Å². The van der Waals surface area contributed by atoms with Crippen molar-refractivity contribution in [3.8, 4) is 0 Å². The van der Waals surface area contributed by atoms with Gasteiger partial charge in [0.05, 0.1) is 3.79 Å². The zero-order valence-corrected chi connectivity index (χ0v) is 15.8. The molecule has 25 heavy (non-hydrogen) atoms. The first-order valence-corrected chi connectivity index (χ1v) is 9.58. The van der Waals surface area contributed by atoms with E-state index in [1.165, 1.54) is 4.88 Å². The van der Waals surface area contributed by atoms with Crippen molar-refractivity contribution in [3.63, 3.8) is 0 Å². The van der Waals surface area contributed by atoms with Crippen LogP contribution in [0, 0.1) is 0 Å². The van der Waals surface area contributed by atoms with E-state index in [1.54, 1.807) is 11.3 Å². The third-order valence-electron chi connectivity index (χ3n) is 3.83. The standard InChI is InChI=1S/C22H15BrOS/c23-22-12-11-19(25-22)13-16-14-20(17-7-3-1-4-8-17)24-21(15-16)18-9-5-2-6-10-18/h1-15H.